The fourth-order valence-corrected chi connectivity index (χ4v) is 1.24. The highest BCUT2D eigenvalue weighted by Gasteiger charge is 2.08. The fraction of sp³-hybridized carbons (Fsp3) is 0.222. The first kappa shape index (κ1) is 9.45. The summed E-state index contributed by atoms with van der Waals surface area (Å²) in [5.74, 6) is -0.142. The number of nitrogens with zero attached hydrogens (tertiary/aromatic N) is 3. The van der Waals surface area contributed by atoms with Gasteiger partial charge in [0.15, 0.2) is 0 Å². The number of nitrogens with one attached hydrogen (secondary N) is 2. The van der Waals surface area contributed by atoms with E-state index in [1.807, 2.05) is 0 Å². The number of hydrogen-bond acceptors (Lipinski definition) is 3. The van der Waals surface area contributed by atoms with Crippen LogP contribution < -0.4 is 5.32 Å². The second-order valence-corrected chi connectivity index (χ2v) is 3.13. The molecule has 2 heterocycles. The van der Waals surface area contributed by atoms with Gasteiger partial charge < -0.3 is 5.32 Å². The maximum atomic E-state index is 11.6. The maximum Gasteiger partial charge on any atom is 0.269 e. The summed E-state index contributed by atoms with van der Waals surface area (Å²) in [6, 6.07) is 1.67. The van der Waals surface area contributed by atoms with Gasteiger partial charge in [0.1, 0.15) is 5.69 Å². The molecule has 0 unspecified atom stereocenters. The van der Waals surface area contributed by atoms with E-state index in [4.69, 9.17) is 0 Å². The molecule has 2 rings (SSSR count). The summed E-state index contributed by atoms with van der Waals surface area (Å²) in [5, 5.41) is 13.2. The molecule has 0 aliphatic heterocycles. The number of aromatic amines is 1. The molecule has 0 aromatic carbocycles. The minimum atomic E-state index is -0.142. The lowest BCUT2D eigenvalue weighted by Crippen LogP contribution is -2.24. The van der Waals surface area contributed by atoms with Gasteiger partial charge in [-0.05, 0) is 6.07 Å². The lowest BCUT2D eigenvalue weighted by molar-refractivity contribution is 0.0941. The molecule has 15 heavy (non-hydrogen) atoms. The number of aryl methyl sites for hydroxylation is 1. The van der Waals surface area contributed by atoms with Crippen molar-refractivity contribution in [2.45, 2.75) is 6.54 Å². The van der Waals surface area contributed by atoms with Crippen molar-refractivity contribution in [3.63, 3.8) is 0 Å². The number of amides is 1. The zero-order valence-electron chi connectivity index (χ0n) is 8.27. The molecule has 0 saturated heterocycles. The molecule has 0 fully saturated rings. The monoisotopic (exact) mass is 205 g/mol. The SMILES string of the molecule is Cn1nccc1C(=O)NCc1cn[nH]c1. The van der Waals surface area contributed by atoms with Crippen LogP contribution in [0.3, 0.4) is 0 Å². The summed E-state index contributed by atoms with van der Waals surface area (Å²) in [6.45, 7) is 0.459. The number of carbonyl (C=O) groups is 1. The average Bonchev–Trinajstić information content (AvgIpc) is 2.84. The summed E-state index contributed by atoms with van der Waals surface area (Å²) in [6.07, 6.45) is 5.00. The lowest BCUT2D eigenvalue weighted by atomic mass is 10.3. The van der Waals surface area contributed by atoms with Crippen molar-refractivity contribution in [2.75, 3.05) is 0 Å². The van der Waals surface area contributed by atoms with Gasteiger partial charge in [0.25, 0.3) is 5.91 Å². The fourth-order valence-electron chi connectivity index (χ4n) is 1.24. The van der Waals surface area contributed by atoms with Crippen LogP contribution in [0.1, 0.15) is 16.1 Å². The van der Waals surface area contributed by atoms with Crippen molar-refractivity contribution in [3.8, 4) is 0 Å². The summed E-state index contributed by atoms with van der Waals surface area (Å²) >= 11 is 0. The van der Waals surface area contributed by atoms with E-state index in [1.165, 1.54) is 4.68 Å². The first-order valence-corrected chi connectivity index (χ1v) is 4.51. The predicted molar refractivity (Wildman–Crippen MR) is 53.0 cm³/mol. The molecule has 0 bridgehead atoms. The first-order chi connectivity index (χ1) is 7.27. The maximum absolute atomic E-state index is 11.6. The van der Waals surface area contributed by atoms with Crippen LogP contribution in [0.4, 0.5) is 0 Å². The third-order valence-electron chi connectivity index (χ3n) is 2.06. The third-order valence-corrected chi connectivity index (χ3v) is 2.06. The van der Waals surface area contributed by atoms with Crippen molar-refractivity contribution >= 4 is 5.91 Å². The summed E-state index contributed by atoms with van der Waals surface area (Å²) < 4.78 is 1.53. The molecule has 6 nitrogen and oxygen atoms in total. The Morgan fingerprint density at radius 3 is 3.13 bits per heavy atom. The Morgan fingerprint density at radius 2 is 2.53 bits per heavy atom. The number of aromatic nitrogens is 4. The van der Waals surface area contributed by atoms with Crippen molar-refractivity contribution in [3.05, 3.63) is 35.9 Å². The van der Waals surface area contributed by atoms with E-state index in [0.29, 0.717) is 12.2 Å². The Morgan fingerprint density at radius 1 is 1.67 bits per heavy atom. The zero-order chi connectivity index (χ0) is 10.7. The number of H-pyrrole nitrogens is 1. The molecule has 2 aromatic heterocycles. The Balaban J connectivity index is 1.96. The second kappa shape index (κ2) is 3.95. The second-order valence-electron chi connectivity index (χ2n) is 3.13. The van der Waals surface area contributed by atoms with E-state index in [2.05, 4.69) is 20.6 Å². The van der Waals surface area contributed by atoms with Crippen LogP contribution in [0.15, 0.2) is 24.7 Å². The molecule has 0 spiro atoms. The molecule has 6 heteroatoms. The highest BCUT2D eigenvalue weighted by Crippen LogP contribution is 1.98. The molecule has 78 valence electrons. The normalized spacial score (nSPS) is 10.2. The van der Waals surface area contributed by atoms with Gasteiger partial charge in [-0.25, -0.2) is 0 Å². The van der Waals surface area contributed by atoms with Gasteiger partial charge in [-0.15, -0.1) is 0 Å². The largest absolute Gasteiger partial charge is 0.347 e. The van der Waals surface area contributed by atoms with Gasteiger partial charge >= 0.3 is 0 Å². The van der Waals surface area contributed by atoms with Crippen LogP contribution in [-0.2, 0) is 13.6 Å². The summed E-state index contributed by atoms with van der Waals surface area (Å²) in [7, 11) is 1.73. The molecule has 0 saturated carbocycles. The average molecular weight is 205 g/mol. The molecule has 1 amide bonds. The van der Waals surface area contributed by atoms with Gasteiger partial charge in [0.05, 0.1) is 6.20 Å². The molecular weight excluding hydrogens is 194 g/mol. The van der Waals surface area contributed by atoms with Gasteiger partial charge in [0.2, 0.25) is 0 Å². The van der Waals surface area contributed by atoms with Crippen LogP contribution in [0.2, 0.25) is 0 Å². The zero-order valence-corrected chi connectivity index (χ0v) is 8.27. The van der Waals surface area contributed by atoms with E-state index in [0.717, 1.165) is 5.56 Å². The first-order valence-electron chi connectivity index (χ1n) is 4.51. The Labute approximate surface area is 86.3 Å². The van der Waals surface area contributed by atoms with Gasteiger partial charge in [-0.1, -0.05) is 0 Å². The minimum absolute atomic E-state index is 0.142. The van der Waals surface area contributed by atoms with Crippen molar-refractivity contribution in [1.82, 2.24) is 25.3 Å². The Bertz CT molecular complexity index is 445. The van der Waals surface area contributed by atoms with Gasteiger partial charge in [-0.2, -0.15) is 10.2 Å². The number of hydrogen-bond donors (Lipinski definition) is 2. The molecule has 2 N–H and O–H groups in total. The van der Waals surface area contributed by atoms with Crippen molar-refractivity contribution in [1.29, 1.82) is 0 Å². The highest BCUT2D eigenvalue weighted by molar-refractivity contribution is 5.92. The predicted octanol–water partition coefficient (Wildman–Crippen LogP) is 0.0732. The topological polar surface area (TPSA) is 75.6 Å². The Hall–Kier alpha value is -2.11. The van der Waals surface area contributed by atoms with E-state index in [9.17, 15) is 4.79 Å². The number of rotatable bonds is 3. The molecule has 0 atom stereocenters. The van der Waals surface area contributed by atoms with Crippen LogP contribution in [0.25, 0.3) is 0 Å². The van der Waals surface area contributed by atoms with Crippen LogP contribution in [0.5, 0.6) is 0 Å². The van der Waals surface area contributed by atoms with Gasteiger partial charge in [-0.3, -0.25) is 14.6 Å². The molecular formula is C9H11N5O. The van der Waals surface area contributed by atoms with Crippen molar-refractivity contribution < 1.29 is 4.79 Å². The van der Waals surface area contributed by atoms with Crippen LogP contribution >= 0.6 is 0 Å². The molecule has 2 aromatic rings. The Kier molecular flexibility index (Phi) is 2.49. The van der Waals surface area contributed by atoms with E-state index < -0.39 is 0 Å². The van der Waals surface area contributed by atoms with Crippen LogP contribution in [0, 0.1) is 0 Å². The van der Waals surface area contributed by atoms with E-state index in [-0.39, 0.29) is 5.91 Å². The summed E-state index contributed by atoms with van der Waals surface area (Å²) in [5.41, 5.74) is 1.48. The van der Waals surface area contributed by atoms with E-state index in [1.54, 1.807) is 31.7 Å². The van der Waals surface area contributed by atoms with Gasteiger partial charge in [0, 0.05) is 31.5 Å². The van der Waals surface area contributed by atoms with Crippen molar-refractivity contribution in [2.24, 2.45) is 7.05 Å². The molecule has 0 aliphatic rings. The molecule has 0 aliphatic carbocycles. The molecule has 0 radical (unpaired) electrons. The quantitative estimate of drug-likeness (QED) is 0.744. The third kappa shape index (κ3) is 2.04. The van der Waals surface area contributed by atoms with E-state index >= 15 is 0 Å². The smallest absolute Gasteiger partial charge is 0.269 e. The van der Waals surface area contributed by atoms with Crippen LogP contribution in [-0.4, -0.2) is 25.9 Å². The lowest BCUT2D eigenvalue weighted by Gasteiger charge is -2.03. The highest BCUT2D eigenvalue weighted by atomic mass is 16.2. The summed E-state index contributed by atoms with van der Waals surface area (Å²) in [4.78, 5) is 11.6. The minimum Gasteiger partial charge on any atom is -0.347 e. The number of carbonyl (C=O) groups excluding carboxylic acids is 1. The standard InChI is InChI=1S/C9H11N5O/c1-14-8(2-3-13-14)9(15)10-4-7-5-11-12-6-7/h2-3,5-6H,4H2,1H3,(H,10,15)(H,11,12).